The quantitative estimate of drug-likeness (QED) is 0.591. The van der Waals surface area contributed by atoms with E-state index < -0.39 is 5.97 Å². The Labute approximate surface area is 84.0 Å². The van der Waals surface area contributed by atoms with E-state index in [-0.39, 0.29) is 0 Å². The maximum absolute atomic E-state index is 10.2. The van der Waals surface area contributed by atoms with Crippen molar-refractivity contribution in [3.8, 4) is 0 Å². The number of hydrogen-bond donors (Lipinski definition) is 2. The van der Waals surface area contributed by atoms with Crippen molar-refractivity contribution < 1.29 is 9.90 Å². The minimum atomic E-state index is -0.898. The topological polar surface area (TPSA) is 55.8 Å². The second-order valence-corrected chi connectivity index (χ2v) is 3.39. The highest BCUT2D eigenvalue weighted by atomic mass is 16.4. The van der Waals surface area contributed by atoms with Crippen LogP contribution in [0.1, 0.15) is 0 Å². The Hall–Kier alpha value is -0.910. The summed E-state index contributed by atoms with van der Waals surface area (Å²) in [6.07, 6.45) is 2.77. The third-order valence-corrected chi connectivity index (χ3v) is 2.20. The van der Waals surface area contributed by atoms with Crippen LogP contribution < -0.4 is 5.43 Å². The first kappa shape index (κ1) is 11.2. The molecule has 2 N–H and O–H groups in total. The fraction of sp³-hybridized carbons (Fsp3) is 0.667. The van der Waals surface area contributed by atoms with E-state index in [0.29, 0.717) is 6.54 Å². The second kappa shape index (κ2) is 5.74. The first-order valence-electron chi connectivity index (χ1n) is 4.75. The van der Waals surface area contributed by atoms with E-state index >= 15 is 0 Å². The van der Waals surface area contributed by atoms with E-state index in [2.05, 4.69) is 22.4 Å². The van der Waals surface area contributed by atoms with E-state index in [1.165, 1.54) is 0 Å². The number of likely N-dealkylation sites (N-methyl/N-ethyl adjacent to an activating group) is 1. The number of aliphatic carboxylic acids is 1. The molecule has 80 valence electrons. The number of carbonyl (C=O) groups is 1. The summed E-state index contributed by atoms with van der Waals surface area (Å²) in [6.45, 7) is 4.65. The van der Waals surface area contributed by atoms with Crippen LogP contribution in [0.2, 0.25) is 0 Å². The van der Waals surface area contributed by atoms with Crippen molar-refractivity contribution in [3.63, 3.8) is 0 Å². The van der Waals surface area contributed by atoms with Gasteiger partial charge in [0.1, 0.15) is 0 Å². The molecule has 0 unspecified atom stereocenters. The Kier molecular flexibility index (Phi) is 4.58. The molecule has 1 heterocycles. The maximum Gasteiger partial charge on any atom is 0.328 e. The summed E-state index contributed by atoms with van der Waals surface area (Å²) in [4.78, 5) is 12.4. The lowest BCUT2D eigenvalue weighted by atomic mass is 10.4. The molecule has 1 fully saturated rings. The molecule has 0 saturated carbocycles. The second-order valence-electron chi connectivity index (χ2n) is 3.39. The molecule has 5 nitrogen and oxygen atoms in total. The molecule has 0 spiro atoms. The number of carboxylic acids is 1. The molecular formula is C9H17N3O2. The van der Waals surface area contributed by atoms with Gasteiger partial charge in [-0.1, -0.05) is 6.08 Å². The van der Waals surface area contributed by atoms with Crippen LogP contribution in [0.3, 0.4) is 0 Å². The highest BCUT2D eigenvalue weighted by Crippen LogP contribution is 1.94. The molecule has 1 saturated heterocycles. The molecule has 0 atom stereocenters. The van der Waals surface area contributed by atoms with E-state index in [1.807, 2.05) is 0 Å². The number of nitrogens with zero attached hydrogens (tertiary/aromatic N) is 2. The predicted molar refractivity (Wildman–Crippen MR) is 53.8 cm³/mol. The summed E-state index contributed by atoms with van der Waals surface area (Å²) in [6, 6.07) is 0. The van der Waals surface area contributed by atoms with Crippen LogP contribution in [0, 0.1) is 0 Å². The van der Waals surface area contributed by atoms with Gasteiger partial charge in [0.25, 0.3) is 0 Å². The van der Waals surface area contributed by atoms with Crippen LogP contribution >= 0.6 is 0 Å². The van der Waals surface area contributed by atoms with Crippen LogP contribution in [-0.2, 0) is 4.79 Å². The number of nitrogens with one attached hydrogen (secondary N) is 1. The average molecular weight is 199 g/mol. The molecular weight excluding hydrogens is 182 g/mol. The first-order valence-corrected chi connectivity index (χ1v) is 4.75. The van der Waals surface area contributed by atoms with E-state index in [1.54, 1.807) is 6.08 Å². The van der Waals surface area contributed by atoms with Crippen molar-refractivity contribution in [1.29, 1.82) is 0 Å². The van der Waals surface area contributed by atoms with Gasteiger partial charge in [-0.25, -0.2) is 9.80 Å². The molecule has 0 bridgehead atoms. The predicted octanol–water partition coefficient (Wildman–Crippen LogP) is -0.621. The maximum atomic E-state index is 10.2. The van der Waals surface area contributed by atoms with Gasteiger partial charge in [-0.3, -0.25) is 5.43 Å². The molecule has 0 radical (unpaired) electrons. The van der Waals surface area contributed by atoms with Gasteiger partial charge in [0.05, 0.1) is 0 Å². The zero-order chi connectivity index (χ0) is 10.4. The molecule has 0 aromatic carbocycles. The van der Waals surface area contributed by atoms with Crippen molar-refractivity contribution in [1.82, 2.24) is 15.3 Å². The summed E-state index contributed by atoms with van der Waals surface area (Å²) >= 11 is 0. The standard InChI is InChI=1S/C9H17N3O2/c1-11-5-7-12(8-6-11)10-4-2-3-9(13)14/h2-3,10H,4-8H2,1H3,(H,13,14)/b3-2+. The number of hydrogen-bond acceptors (Lipinski definition) is 4. The van der Waals surface area contributed by atoms with E-state index in [4.69, 9.17) is 5.11 Å². The third kappa shape index (κ3) is 4.36. The van der Waals surface area contributed by atoms with Crippen molar-refractivity contribution in [2.45, 2.75) is 0 Å². The summed E-state index contributed by atoms with van der Waals surface area (Å²) < 4.78 is 0. The molecule has 1 rings (SSSR count). The highest BCUT2D eigenvalue weighted by molar-refractivity contribution is 5.79. The van der Waals surface area contributed by atoms with Gasteiger partial charge in [0, 0.05) is 38.8 Å². The minimum absolute atomic E-state index is 0.579. The van der Waals surface area contributed by atoms with Crippen molar-refractivity contribution >= 4 is 5.97 Å². The van der Waals surface area contributed by atoms with Crippen molar-refractivity contribution in [3.05, 3.63) is 12.2 Å². The Morgan fingerprint density at radius 1 is 1.43 bits per heavy atom. The van der Waals surface area contributed by atoms with Crippen LogP contribution in [0.5, 0.6) is 0 Å². The van der Waals surface area contributed by atoms with Crippen LogP contribution in [0.25, 0.3) is 0 Å². The molecule has 0 aliphatic carbocycles. The summed E-state index contributed by atoms with van der Waals surface area (Å²) in [5.41, 5.74) is 3.15. The lowest BCUT2D eigenvalue weighted by molar-refractivity contribution is -0.131. The number of hydrazine groups is 1. The van der Waals surface area contributed by atoms with E-state index in [0.717, 1.165) is 32.3 Å². The lowest BCUT2D eigenvalue weighted by Gasteiger charge is -2.32. The van der Waals surface area contributed by atoms with Crippen molar-refractivity contribution in [2.24, 2.45) is 0 Å². The Balaban J connectivity index is 2.10. The summed E-state index contributed by atoms with van der Waals surface area (Å²) in [5.74, 6) is -0.898. The molecule has 14 heavy (non-hydrogen) atoms. The number of carboxylic acid groups (broad SMARTS) is 1. The number of piperazine rings is 1. The normalized spacial score (nSPS) is 20.4. The lowest BCUT2D eigenvalue weighted by Crippen LogP contribution is -2.50. The van der Waals surface area contributed by atoms with Gasteiger partial charge < -0.3 is 10.0 Å². The van der Waals surface area contributed by atoms with Crippen LogP contribution in [0.4, 0.5) is 0 Å². The average Bonchev–Trinajstić information content (AvgIpc) is 2.15. The first-order chi connectivity index (χ1) is 6.68. The van der Waals surface area contributed by atoms with Gasteiger partial charge >= 0.3 is 5.97 Å². The van der Waals surface area contributed by atoms with Gasteiger partial charge in [-0.2, -0.15) is 0 Å². The molecule has 0 aromatic rings. The van der Waals surface area contributed by atoms with Crippen molar-refractivity contribution in [2.75, 3.05) is 39.8 Å². The smallest absolute Gasteiger partial charge is 0.328 e. The zero-order valence-electron chi connectivity index (χ0n) is 8.44. The van der Waals surface area contributed by atoms with Gasteiger partial charge in [0.2, 0.25) is 0 Å². The van der Waals surface area contributed by atoms with Gasteiger partial charge in [-0.05, 0) is 7.05 Å². The molecule has 0 aromatic heterocycles. The molecule has 0 amide bonds. The SMILES string of the molecule is CN1CCN(NC/C=C/C(=O)O)CC1. The molecule has 1 aliphatic heterocycles. The molecule has 1 aliphatic rings. The monoisotopic (exact) mass is 199 g/mol. The summed E-state index contributed by atoms with van der Waals surface area (Å²) in [7, 11) is 2.10. The van der Waals surface area contributed by atoms with Crippen LogP contribution in [0.15, 0.2) is 12.2 Å². The Morgan fingerprint density at radius 3 is 2.64 bits per heavy atom. The van der Waals surface area contributed by atoms with Crippen LogP contribution in [-0.4, -0.2) is 60.8 Å². The zero-order valence-corrected chi connectivity index (χ0v) is 8.44. The largest absolute Gasteiger partial charge is 0.478 e. The van der Waals surface area contributed by atoms with E-state index in [9.17, 15) is 4.79 Å². The minimum Gasteiger partial charge on any atom is -0.478 e. The highest BCUT2D eigenvalue weighted by Gasteiger charge is 2.11. The molecule has 5 heteroatoms. The summed E-state index contributed by atoms with van der Waals surface area (Å²) in [5, 5.41) is 10.5. The Morgan fingerprint density at radius 2 is 2.07 bits per heavy atom. The number of rotatable bonds is 4. The Bertz CT molecular complexity index is 210. The fourth-order valence-electron chi connectivity index (χ4n) is 1.31. The third-order valence-electron chi connectivity index (χ3n) is 2.20. The van der Waals surface area contributed by atoms with Gasteiger partial charge in [-0.15, -0.1) is 0 Å². The fourth-order valence-corrected chi connectivity index (χ4v) is 1.31. The van der Waals surface area contributed by atoms with Gasteiger partial charge in [0.15, 0.2) is 0 Å².